The maximum Gasteiger partial charge on any atom is 0.213 e. The van der Waals surface area contributed by atoms with Crippen molar-refractivity contribution in [2.24, 2.45) is 0 Å². The Morgan fingerprint density at radius 2 is 1.83 bits per heavy atom. The summed E-state index contributed by atoms with van der Waals surface area (Å²) in [6, 6.07) is 9.25. The van der Waals surface area contributed by atoms with Gasteiger partial charge in [0.15, 0.2) is 0 Å². The predicted molar refractivity (Wildman–Crippen MR) is 67.2 cm³/mol. The first-order valence-electron chi connectivity index (χ1n) is 5.51. The van der Waals surface area contributed by atoms with Gasteiger partial charge in [-0.3, -0.25) is 14.8 Å². The minimum atomic E-state index is -0.137. The lowest BCUT2D eigenvalue weighted by Crippen LogP contribution is -2.05. The fraction of sp³-hybridized carbons (Fsp3) is 0. The Kier molecular flexibility index (Phi) is 2.53. The summed E-state index contributed by atoms with van der Waals surface area (Å²) in [6.07, 6.45) is 6.15. The molecule has 1 aromatic carbocycles. The zero-order valence-corrected chi connectivity index (χ0v) is 9.45. The number of hydrogen-bond donors (Lipinski definition) is 0. The molecule has 0 fully saturated rings. The van der Waals surface area contributed by atoms with E-state index in [1.54, 1.807) is 18.5 Å². The average Bonchev–Trinajstić information content (AvgIpc) is 2.47. The summed E-state index contributed by atoms with van der Waals surface area (Å²) in [6.45, 7) is 0. The molecule has 0 atom stereocenters. The van der Waals surface area contributed by atoms with Gasteiger partial charge in [-0.1, -0.05) is 18.2 Å². The van der Waals surface area contributed by atoms with E-state index in [1.807, 2.05) is 24.3 Å². The van der Waals surface area contributed by atoms with Crippen LogP contribution in [0.25, 0.3) is 10.9 Å². The monoisotopic (exact) mass is 235 g/mol. The molecule has 2 aromatic heterocycles. The summed E-state index contributed by atoms with van der Waals surface area (Å²) in [5.41, 5.74) is 1.74. The highest BCUT2D eigenvalue weighted by Gasteiger charge is 2.13. The SMILES string of the molecule is O=C(c1cnccn1)c1ccnc2ccccc12. The lowest BCUT2D eigenvalue weighted by atomic mass is 10.0. The van der Waals surface area contributed by atoms with E-state index in [0.29, 0.717) is 11.3 Å². The number of carbonyl (C=O) groups is 1. The van der Waals surface area contributed by atoms with E-state index in [4.69, 9.17) is 0 Å². The Labute approximate surface area is 103 Å². The number of para-hydroxylation sites is 1. The quantitative estimate of drug-likeness (QED) is 0.639. The van der Waals surface area contributed by atoms with Crippen LogP contribution >= 0.6 is 0 Å². The third-order valence-electron chi connectivity index (χ3n) is 2.69. The smallest absolute Gasteiger partial charge is 0.213 e. The zero-order valence-electron chi connectivity index (χ0n) is 9.45. The van der Waals surface area contributed by atoms with E-state index in [-0.39, 0.29) is 5.78 Å². The van der Waals surface area contributed by atoms with Gasteiger partial charge in [0.25, 0.3) is 0 Å². The van der Waals surface area contributed by atoms with Crippen LogP contribution in [0.5, 0.6) is 0 Å². The molecule has 0 spiro atoms. The Morgan fingerprint density at radius 1 is 0.944 bits per heavy atom. The van der Waals surface area contributed by atoms with Crippen LogP contribution in [0, 0.1) is 0 Å². The van der Waals surface area contributed by atoms with Crippen molar-refractivity contribution in [2.75, 3.05) is 0 Å². The van der Waals surface area contributed by atoms with Crippen LogP contribution in [0.1, 0.15) is 16.1 Å². The number of ketones is 1. The molecule has 3 rings (SSSR count). The molecule has 0 unspecified atom stereocenters. The van der Waals surface area contributed by atoms with Gasteiger partial charge in [-0.15, -0.1) is 0 Å². The number of nitrogens with zero attached hydrogens (tertiary/aromatic N) is 3. The van der Waals surface area contributed by atoms with Crippen LogP contribution in [0.3, 0.4) is 0 Å². The van der Waals surface area contributed by atoms with Gasteiger partial charge in [0.2, 0.25) is 5.78 Å². The van der Waals surface area contributed by atoms with Crippen molar-refractivity contribution in [1.82, 2.24) is 15.0 Å². The molecule has 4 heteroatoms. The second kappa shape index (κ2) is 4.33. The van der Waals surface area contributed by atoms with Gasteiger partial charge >= 0.3 is 0 Å². The number of carbonyl (C=O) groups excluding carboxylic acids is 1. The number of rotatable bonds is 2. The minimum Gasteiger partial charge on any atom is -0.287 e. The van der Waals surface area contributed by atoms with Gasteiger partial charge in [0, 0.05) is 29.5 Å². The van der Waals surface area contributed by atoms with Crippen molar-refractivity contribution in [1.29, 1.82) is 0 Å². The molecule has 2 heterocycles. The summed E-state index contributed by atoms with van der Waals surface area (Å²) in [5.74, 6) is -0.137. The van der Waals surface area contributed by atoms with Crippen molar-refractivity contribution in [2.45, 2.75) is 0 Å². The number of fused-ring (bicyclic) bond motifs is 1. The van der Waals surface area contributed by atoms with Gasteiger partial charge in [0.1, 0.15) is 5.69 Å². The van der Waals surface area contributed by atoms with E-state index in [9.17, 15) is 4.79 Å². The van der Waals surface area contributed by atoms with Crippen LogP contribution in [0.2, 0.25) is 0 Å². The van der Waals surface area contributed by atoms with E-state index in [0.717, 1.165) is 10.9 Å². The standard InChI is InChI=1S/C14H9N3O/c18-14(13-9-15-7-8-17-13)11-5-6-16-12-4-2-1-3-10(11)12/h1-9H. The van der Waals surface area contributed by atoms with Crippen molar-refractivity contribution < 1.29 is 4.79 Å². The molecule has 0 saturated carbocycles. The van der Waals surface area contributed by atoms with E-state index in [2.05, 4.69) is 15.0 Å². The number of benzene rings is 1. The fourth-order valence-corrected chi connectivity index (χ4v) is 1.85. The first-order valence-corrected chi connectivity index (χ1v) is 5.51. The molecule has 0 N–H and O–H groups in total. The van der Waals surface area contributed by atoms with Gasteiger partial charge in [-0.25, -0.2) is 4.98 Å². The predicted octanol–water partition coefficient (Wildman–Crippen LogP) is 2.26. The first-order chi connectivity index (χ1) is 8.86. The van der Waals surface area contributed by atoms with Crippen LogP contribution in [-0.2, 0) is 0 Å². The lowest BCUT2D eigenvalue weighted by molar-refractivity contribution is 0.103. The molecule has 4 nitrogen and oxygen atoms in total. The molecule has 0 saturated heterocycles. The third-order valence-corrected chi connectivity index (χ3v) is 2.69. The van der Waals surface area contributed by atoms with Crippen molar-refractivity contribution in [3.63, 3.8) is 0 Å². The molecular weight excluding hydrogens is 226 g/mol. The Hall–Kier alpha value is -2.62. The second-order valence-corrected chi connectivity index (χ2v) is 3.80. The summed E-state index contributed by atoms with van der Waals surface area (Å²) in [4.78, 5) is 24.5. The highest BCUT2D eigenvalue weighted by molar-refractivity contribution is 6.14. The molecule has 3 aromatic rings. The highest BCUT2D eigenvalue weighted by atomic mass is 16.1. The van der Waals surface area contributed by atoms with Gasteiger partial charge in [0.05, 0.1) is 11.7 Å². The average molecular weight is 235 g/mol. The van der Waals surface area contributed by atoms with Crippen LogP contribution in [0.4, 0.5) is 0 Å². The third kappa shape index (κ3) is 1.73. The molecule has 0 aliphatic heterocycles. The molecule has 0 bridgehead atoms. The van der Waals surface area contributed by atoms with Crippen LogP contribution in [0.15, 0.2) is 55.1 Å². The lowest BCUT2D eigenvalue weighted by Gasteiger charge is -2.03. The van der Waals surface area contributed by atoms with Crippen molar-refractivity contribution in [3.05, 3.63) is 66.4 Å². The van der Waals surface area contributed by atoms with Crippen molar-refractivity contribution >= 4 is 16.7 Å². The van der Waals surface area contributed by atoms with E-state index in [1.165, 1.54) is 12.4 Å². The van der Waals surface area contributed by atoms with Crippen LogP contribution in [-0.4, -0.2) is 20.7 Å². The minimum absolute atomic E-state index is 0.137. The normalized spacial score (nSPS) is 10.4. The molecule has 86 valence electrons. The van der Waals surface area contributed by atoms with E-state index < -0.39 is 0 Å². The Bertz CT molecular complexity index is 705. The molecule has 0 aliphatic carbocycles. The van der Waals surface area contributed by atoms with Crippen molar-refractivity contribution in [3.8, 4) is 0 Å². The maximum absolute atomic E-state index is 12.3. The number of pyridine rings is 1. The topological polar surface area (TPSA) is 55.7 Å². The summed E-state index contributed by atoms with van der Waals surface area (Å²) < 4.78 is 0. The molecular formula is C14H9N3O. The molecule has 0 radical (unpaired) electrons. The summed E-state index contributed by atoms with van der Waals surface area (Å²) in [7, 11) is 0. The highest BCUT2D eigenvalue weighted by Crippen LogP contribution is 2.18. The second-order valence-electron chi connectivity index (χ2n) is 3.80. The fourth-order valence-electron chi connectivity index (χ4n) is 1.85. The summed E-state index contributed by atoms with van der Waals surface area (Å²) >= 11 is 0. The Morgan fingerprint density at radius 3 is 2.67 bits per heavy atom. The summed E-state index contributed by atoms with van der Waals surface area (Å²) in [5, 5.41) is 0.829. The Balaban J connectivity index is 2.18. The first kappa shape index (κ1) is 10.5. The molecule has 0 amide bonds. The van der Waals surface area contributed by atoms with Crippen LogP contribution < -0.4 is 0 Å². The number of aromatic nitrogens is 3. The zero-order chi connectivity index (χ0) is 12.4. The van der Waals surface area contributed by atoms with E-state index >= 15 is 0 Å². The number of hydrogen-bond acceptors (Lipinski definition) is 4. The van der Waals surface area contributed by atoms with Gasteiger partial charge in [-0.05, 0) is 12.1 Å². The van der Waals surface area contributed by atoms with Gasteiger partial charge in [-0.2, -0.15) is 0 Å². The van der Waals surface area contributed by atoms with Gasteiger partial charge < -0.3 is 0 Å². The largest absolute Gasteiger partial charge is 0.287 e. The molecule has 18 heavy (non-hydrogen) atoms. The maximum atomic E-state index is 12.3. The molecule has 0 aliphatic rings.